The second kappa shape index (κ2) is 7.14. The summed E-state index contributed by atoms with van der Waals surface area (Å²) in [4.78, 5) is 10.7. The summed E-state index contributed by atoms with van der Waals surface area (Å²) < 4.78 is 5.33. The maximum Gasteiger partial charge on any atom is 0.307 e. The Bertz CT molecular complexity index is 420. The van der Waals surface area contributed by atoms with Gasteiger partial charge in [-0.1, -0.05) is 19.1 Å². The van der Waals surface area contributed by atoms with Crippen LogP contribution < -0.4 is 10.1 Å². The van der Waals surface area contributed by atoms with E-state index in [1.165, 1.54) is 5.56 Å². The summed E-state index contributed by atoms with van der Waals surface area (Å²) in [5.74, 6) is -0.167. The monoisotopic (exact) mass is 265 g/mol. The molecule has 0 fully saturated rings. The quantitative estimate of drug-likeness (QED) is 0.742. The van der Waals surface area contributed by atoms with Gasteiger partial charge in [-0.25, -0.2) is 0 Å². The average molecular weight is 265 g/mol. The Morgan fingerprint density at radius 1 is 1.37 bits per heavy atom. The lowest BCUT2D eigenvalue weighted by molar-refractivity contribution is -0.140. The second-order valence-electron chi connectivity index (χ2n) is 4.96. The molecule has 0 bridgehead atoms. The zero-order valence-corrected chi connectivity index (χ0v) is 12.1. The van der Waals surface area contributed by atoms with Gasteiger partial charge in [0.15, 0.2) is 0 Å². The van der Waals surface area contributed by atoms with Gasteiger partial charge in [0.25, 0.3) is 0 Å². The van der Waals surface area contributed by atoms with Crippen LogP contribution in [-0.2, 0) is 11.2 Å². The molecule has 0 aliphatic rings. The van der Waals surface area contributed by atoms with Gasteiger partial charge in [-0.05, 0) is 43.5 Å². The van der Waals surface area contributed by atoms with E-state index in [2.05, 4.69) is 17.4 Å². The number of carboxylic acids is 1. The summed E-state index contributed by atoms with van der Waals surface area (Å²) in [6.07, 6.45) is 0.887. The molecule has 0 spiro atoms. The highest BCUT2D eigenvalue weighted by molar-refractivity contribution is 5.69. The number of hydrogen-bond acceptors (Lipinski definition) is 3. The molecule has 0 amide bonds. The molecule has 2 N–H and O–H groups in total. The Labute approximate surface area is 114 Å². The molecule has 4 heteroatoms. The molecule has 1 rings (SSSR count). The van der Waals surface area contributed by atoms with Crippen LogP contribution in [0.3, 0.4) is 0 Å². The summed E-state index contributed by atoms with van der Waals surface area (Å²) in [6, 6.07) is 4.24. The molecule has 0 radical (unpaired) electrons. The smallest absolute Gasteiger partial charge is 0.307 e. The molecule has 1 aromatic carbocycles. The molecule has 1 atom stereocenters. The summed E-state index contributed by atoms with van der Waals surface area (Å²) in [5.41, 5.74) is 3.51. The van der Waals surface area contributed by atoms with Crippen LogP contribution in [0, 0.1) is 19.8 Å². The summed E-state index contributed by atoms with van der Waals surface area (Å²) in [6.45, 7) is 7.06. The van der Waals surface area contributed by atoms with Gasteiger partial charge in [-0.3, -0.25) is 4.79 Å². The van der Waals surface area contributed by atoms with Crippen LogP contribution in [0.5, 0.6) is 5.75 Å². The first-order valence-corrected chi connectivity index (χ1v) is 6.53. The fourth-order valence-electron chi connectivity index (χ4n) is 2.14. The summed E-state index contributed by atoms with van der Waals surface area (Å²) >= 11 is 0. The third-order valence-corrected chi connectivity index (χ3v) is 3.19. The number of rotatable bonds is 7. The standard InChI is InChI=1S/C15H23NO3/c1-10-7-13(8-11(2)14(10)19-4)5-6-16-9-12(3)15(17)18/h7-8,12,16H,5-6,9H2,1-4H3,(H,17,18). The third kappa shape index (κ3) is 4.56. The minimum Gasteiger partial charge on any atom is -0.496 e. The van der Waals surface area contributed by atoms with Gasteiger partial charge in [0.2, 0.25) is 0 Å². The molecule has 1 aromatic rings. The lowest BCUT2D eigenvalue weighted by atomic mass is 10.0. The number of carbonyl (C=O) groups is 1. The first-order chi connectivity index (χ1) is 8.95. The van der Waals surface area contributed by atoms with Gasteiger partial charge in [0, 0.05) is 6.54 Å². The summed E-state index contributed by atoms with van der Waals surface area (Å²) in [5, 5.41) is 11.9. The molecule has 0 saturated carbocycles. The molecule has 4 nitrogen and oxygen atoms in total. The van der Waals surface area contributed by atoms with Crippen molar-refractivity contribution in [3.63, 3.8) is 0 Å². The molecule has 19 heavy (non-hydrogen) atoms. The molecule has 106 valence electrons. The molecule has 0 aliphatic carbocycles. The lowest BCUT2D eigenvalue weighted by Crippen LogP contribution is -2.27. The Morgan fingerprint density at radius 2 is 1.95 bits per heavy atom. The van der Waals surface area contributed by atoms with E-state index in [1.807, 2.05) is 13.8 Å². The molecule has 0 saturated heterocycles. The molecular weight excluding hydrogens is 242 g/mol. The van der Waals surface area contributed by atoms with Crippen LogP contribution >= 0.6 is 0 Å². The Hall–Kier alpha value is -1.55. The molecular formula is C15H23NO3. The number of ether oxygens (including phenoxy) is 1. The predicted molar refractivity (Wildman–Crippen MR) is 75.8 cm³/mol. The van der Waals surface area contributed by atoms with E-state index >= 15 is 0 Å². The average Bonchev–Trinajstić information content (AvgIpc) is 2.34. The highest BCUT2D eigenvalue weighted by Gasteiger charge is 2.09. The number of benzene rings is 1. The van der Waals surface area contributed by atoms with Crippen LogP contribution in [-0.4, -0.2) is 31.3 Å². The number of carboxylic acid groups (broad SMARTS) is 1. The van der Waals surface area contributed by atoms with Crippen molar-refractivity contribution >= 4 is 5.97 Å². The molecule has 0 aromatic heterocycles. The van der Waals surface area contributed by atoms with Crippen molar-refractivity contribution in [1.29, 1.82) is 0 Å². The Balaban J connectivity index is 2.48. The van der Waals surface area contributed by atoms with Crippen molar-refractivity contribution in [3.05, 3.63) is 28.8 Å². The van der Waals surface area contributed by atoms with E-state index in [-0.39, 0.29) is 5.92 Å². The highest BCUT2D eigenvalue weighted by Crippen LogP contribution is 2.24. The second-order valence-corrected chi connectivity index (χ2v) is 4.96. The van der Waals surface area contributed by atoms with Crippen molar-refractivity contribution in [3.8, 4) is 5.75 Å². The number of hydrogen-bond donors (Lipinski definition) is 2. The largest absolute Gasteiger partial charge is 0.496 e. The third-order valence-electron chi connectivity index (χ3n) is 3.19. The molecule has 0 heterocycles. The van der Waals surface area contributed by atoms with Gasteiger partial charge < -0.3 is 15.2 Å². The predicted octanol–water partition coefficient (Wildman–Crippen LogP) is 2.16. The van der Waals surface area contributed by atoms with Crippen molar-refractivity contribution < 1.29 is 14.6 Å². The fourth-order valence-corrected chi connectivity index (χ4v) is 2.14. The number of nitrogens with one attached hydrogen (secondary N) is 1. The SMILES string of the molecule is COc1c(C)cc(CCNCC(C)C(=O)O)cc1C. The van der Waals surface area contributed by atoms with E-state index in [0.717, 1.165) is 29.8 Å². The number of aryl methyl sites for hydroxylation is 2. The van der Waals surface area contributed by atoms with Gasteiger partial charge in [-0.2, -0.15) is 0 Å². The lowest BCUT2D eigenvalue weighted by Gasteiger charge is -2.12. The van der Waals surface area contributed by atoms with Crippen LogP contribution in [0.15, 0.2) is 12.1 Å². The topological polar surface area (TPSA) is 58.6 Å². The van der Waals surface area contributed by atoms with Crippen molar-refractivity contribution in [2.24, 2.45) is 5.92 Å². The highest BCUT2D eigenvalue weighted by atomic mass is 16.5. The van der Waals surface area contributed by atoms with Crippen molar-refractivity contribution in [2.45, 2.75) is 27.2 Å². The maximum atomic E-state index is 10.7. The Kier molecular flexibility index (Phi) is 5.83. The van der Waals surface area contributed by atoms with Crippen molar-refractivity contribution in [2.75, 3.05) is 20.2 Å². The zero-order chi connectivity index (χ0) is 14.4. The molecule has 1 unspecified atom stereocenters. The summed E-state index contributed by atoms with van der Waals surface area (Å²) in [7, 11) is 1.68. The van der Waals surface area contributed by atoms with E-state index in [0.29, 0.717) is 6.54 Å². The van der Waals surface area contributed by atoms with Crippen molar-refractivity contribution in [1.82, 2.24) is 5.32 Å². The molecule has 0 aliphatic heterocycles. The van der Waals surface area contributed by atoms with Crippen LogP contribution in [0.2, 0.25) is 0 Å². The van der Waals surface area contributed by atoms with Crippen LogP contribution in [0.1, 0.15) is 23.6 Å². The van der Waals surface area contributed by atoms with Crippen LogP contribution in [0.4, 0.5) is 0 Å². The van der Waals surface area contributed by atoms with E-state index in [1.54, 1.807) is 14.0 Å². The van der Waals surface area contributed by atoms with Gasteiger partial charge >= 0.3 is 5.97 Å². The Morgan fingerprint density at radius 3 is 2.42 bits per heavy atom. The fraction of sp³-hybridized carbons (Fsp3) is 0.533. The minimum absolute atomic E-state index is 0.348. The first kappa shape index (κ1) is 15.5. The van der Waals surface area contributed by atoms with E-state index < -0.39 is 5.97 Å². The van der Waals surface area contributed by atoms with E-state index in [4.69, 9.17) is 9.84 Å². The zero-order valence-electron chi connectivity index (χ0n) is 12.1. The van der Waals surface area contributed by atoms with Gasteiger partial charge in [-0.15, -0.1) is 0 Å². The van der Waals surface area contributed by atoms with Gasteiger partial charge in [0.1, 0.15) is 5.75 Å². The maximum absolute atomic E-state index is 10.7. The number of aliphatic carboxylic acids is 1. The van der Waals surface area contributed by atoms with Crippen LogP contribution in [0.25, 0.3) is 0 Å². The van der Waals surface area contributed by atoms with Gasteiger partial charge in [0.05, 0.1) is 13.0 Å². The minimum atomic E-state index is -0.761. The first-order valence-electron chi connectivity index (χ1n) is 6.53. The normalized spacial score (nSPS) is 12.2. The number of methoxy groups -OCH3 is 1. The van der Waals surface area contributed by atoms with E-state index in [9.17, 15) is 4.79 Å².